The molecule has 0 spiro atoms. The SMILES string of the molecule is CCc1cc(OCOCC[Si](C)(C)C)c(F)c(-c2ccnn2COCC[Si](C)(C)C)c1. The highest BCUT2D eigenvalue weighted by Crippen LogP contribution is 2.31. The fraction of sp³-hybridized carbons (Fsp3) is 0.609. The second-order valence-corrected chi connectivity index (χ2v) is 21.6. The third-order valence-corrected chi connectivity index (χ3v) is 8.41. The molecule has 0 saturated heterocycles. The average molecular weight is 467 g/mol. The van der Waals surface area contributed by atoms with E-state index in [4.69, 9.17) is 14.2 Å². The molecule has 0 saturated carbocycles. The van der Waals surface area contributed by atoms with Crippen molar-refractivity contribution in [2.75, 3.05) is 20.0 Å². The molecular formula is C23H39FN2O3Si2. The Labute approximate surface area is 188 Å². The molecule has 2 rings (SSSR count). The van der Waals surface area contributed by atoms with E-state index in [1.54, 1.807) is 16.9 Å². The summed E-state index contributed by atoms with van der Waals surface area (Å²) in [7, 11) is -2.32. The van der Waals surface area contributed by atoms with Crippen LogP contribution in [0.2, 0.25) is 51.4 Å². The first-order valence-electron chi connectivity index (χ1n) is 11.1. The number of nitrogens with zero attached hydrogens (tertiary/aromatic N) is 2. The Morgan fingerprint density at radius 2 is 1.61 bits per heavy atom. The number of aryl methyl sites for hydroxylation is 1. The molecule has 0 radical (unpaired) electrons. The Morgan fingerprint density at radius 3 is 2.23 bits per heavy atom. The van der Waals surface area contributed by atoms with Crippen LogP contribution in [0.25, 0.3) is 11.3 Å². The Morgan fingerprint density at radius 1 is 0.968 bits per heavy atom. The molecule has 1 aromatic carbocycles. The van der Waals surface area contributed by atoms with Gasteiger partial charge >= 0.3 is 0 Å². The summed E-state index contributed by atoms with van der Waals surface area (Å²) in [5.41, 5.74) is 2.16. The van der Waals surface area contributed by atoms with Gasteiger partial charge in [-0.3, -0.25) is 0 Å². The van der Waals surface area contributed by atoms with Crippen molar-refractivity contribution in [1.29, 1.82) is 0 Å². The van der Waals surface area contributed by atoms with Gasteiger partial charge in [-0.1, -0.05) is 46.2 Å². The van der Waals surface area contributed by atoms with E-state index in [2.05, 4.69) is 44.4 Å². The molecule has 0 aliphatic heterocycles. The second-order valence-electron chi connectivity index (χ2n) is 10.4. The Bertz CT molecular complexity index is 829. The van der Waals surface area contributed by atoms with Crippen LogP contribution in [0.5, 0.6) is 5.75 Å². The van der Waals surface area contributed by atoms with Gasteiger partial charge in [-0.25, -0.2) is 9.07 Å². The molecule has 0 aliphatic carbocycles. The smallest absolute Gasteiger partial charge is 0.189 e. The fourth-order valence-electron chi connectivity index (χ4n) is 2.89. The van der Waals surface area contributed by atoms with Crippen LogP contribution < -0.4 is 4.74 Å². The quantitative estimate of drug-likeness (QED) is 0.199. The van der Waals surface area contributed by atoms with Crippen LogP contribution in [0.15, 0.2) is 24.4 Å². The molecule has 1 heterocycles. The van der Waals surface area contributed by atoms with Gasteiger partial charge in [0.05, 0.1) is 5.69 Å². The molecule has 0 aliphatic rings. The monoisotopic (exact) mass is 466 g/mol. The van der Waals surface area contributed by atoms with Crippen molar-refractivity contribution in [1.82, 2.24) is 9.78 Å². The zero-order valence-electron chi connectivity index (χ0n) is 20.3. The van der Waals surface area contributed by atoms with Crippen molar-refractivity contribution in [3.05, 3.63) is 35.8 Å². The van der Waals surface area contributed by atoms with Crippen LogP contribution in [0, 0.1) is 5.82 Å². The summed E-state index contributed by atoms with van der Waals surface area (Å²) in [6.45, 7) is 17.6. The van der Waals surface area contributed by atoms with Gasteiger partial charge in [0.2, 0.25) is 0 Å². The average Bonchev–Trinajstić information content (AvgIpc) is 3.13. The normalized spacial score (nSPS) is 12.4. The standard InChI is InChI=1S/C23H39FN2O3Si2/c1-8-19-15-20(21-9-10-25-26(21)17-27-11-13-30(2,3)4)23(24)22(16-19)29-18-28-12-14-31(5,6)7/h9-10,15-16H,8,11-14,17-18H2,1-7H3. The topological polar surface area (TPSA) is 45.5 Å². The molecule has 174 valence electrons. The maximum Gasteiger partial charge on any atom is 0.189 e. The molecule has 2 aromatic rings. The third kappa shape index (κ3) is 8.88. The van der Waals surface area contributed by atoms with E-state index < -0.39 is 22.0 Å². The number of halogens is 1. The zero-order chi connectivity index (χ0) is 23.1. The van der Waals surface area contributed by atoms with Gasteiger partial charge in [-0.05, 0) is 42.3 Å². The summed E-state index contributed by atoms with van der Waals surface area (Å²) in [4.78, 5) is 0. The lowest BCUT2D eigenvalue weighted by molar-refractivity contribution is 0.0198. The molecule has 1 aromatic heterocycles. The highest BCUT2D eigenvalue weighted by atomic mass is 28.3. The number of benzene rings is 1. The molecule has 0 atom stereocenters. The summed E-state index contributed by atoms with van der Waals surface area (Å²) < 4.78 is 34.1. The molecule has 0 N–H and O–H groups in total. The van der Waals surface area contributed by atoms with Gasteiger partial charge in [0.1, 0.15) is 6.73 Å². The minimum Gasteiger partial charge on any atom is -0.464 e. The number of ether oxygens (including phenoxy) is 3. The van der Waals surface area contributed by atoms with Gasteiger partial charge in [-0.2, -0.15) is 5.10 Å². The molecule has 8 heteroatoms. The van der Waals surface area contributed by atoms with Crippen molar-refractivity contribution in [2.45, 2.75) is 71.4 Å². The van der Waals surface area contributed by atoms with Crippen LogP contribution in [-0.4, -0.2) is 45.9 Å². The summed E-state index contributed by atoms with van der Waals surface area (Å²) in [5, 5.41) is 4.34. The minimum absolute atomic E-state index is 0.0487. The first kappa shape index (κ1) is 25.8. The summed E-state index contributed by atoms with van der Waals surface area (Å²) in [6, 6.07) is 7.57. The molecule has 31 heavy (non-hydrogen) atoms. The Hall–Kier alpha value is -1.49. The van der Waals surface area contributed by atoms with Gasteiger partial charge < -0.3 is 14.2 Å². The first-order valence-corrected chi connectivity index (χ1v) is 18.5. The molecule has 0 unspecified atom stereocenters. The predicted molar refractivity (Wildman–Crippen MR) is 131 cm³/mol. The Kier molecular flexibility index (Phi) is 9.48. The molecule has 0 bridgehead atoms. The van der Waals surface area contributed by atoms with Crippen LogP contribution in [0.4, 0.5) is 4.39 Å². The fourth-order valence-corrected chi connectivity index (χ4v) is 4.40. The predicted octanol–water partition coefficient (Wildman–Crippen LogP) is 6.26. The van der Waals surface area contributed by atoms with E-state index in [0.717, 1.165) is 24.1 Å². The number of hydrogen-bond acceptors (Lipinski definition) is 4. The molecule has 0 amide bonds. The van der Waals surface area contributed by atoms with Crippen LogP contribution in [-0.2, 0) is 22.6 Å². The zero-order valence-corrected chi connectivity index (χ0v) is 22.3. The van der Waals surface area contributed by atoms with E-state index in [-0.39, 0.29) is 12.5 Å². The van der Waals surface area contributed by atoms with Crippen molar-refractivity contribution >= 4 is 16.1 Å². The Balaban J connectivity index is 2.09. The number of hydrogen-bond donors (Lipinski definition) is 0. The van der Waals surface area contributed by atoms with Crippen LogP contribution in [0.1, 0.15) is 12.5 Å². The van der Waals surface area contributed by atoms with Gasteiger partial charge in [0.25, 0.3) is 0 Å². The highest BCUT2D eigenvalue weighted by molar-refractivity contribution is 6.76. The van der Waals surface area contributed by atoms with Crippen molar-refractivity contribution in [3.63, 3.8) is 0 Å². The first-order chi connectivity index (χ1) is 14.5. The maximum atomic E-state index is 15.3. The number of rotatable bonds is 13. The summed E-state index contributed by atoms with van der Waals surface area (Å²) >= 11 is 0. The van der Waals surface area contributed by atoms with E-state index in [1.807, 2.05) is 19.1 Å². The van der Waals surface area contributed by atoms with Crippen molar-refractivity contribution < 1.29 is 18.6 Å². The van der Waals surface area contributed by atoms with E-state index in [1.165, 1.54) is 0 Å². The lowest BCUT2D eigenvalue weighted by Gasteiger charge is -2.17. The maximum absolute atomic E-state index is 15.3. The van der Waals surface area contributed by atoms with Crippen molar-refractivity contribution in [3.8, 4) is 17.0 Å². The van der Waals surface area contributed by atoms with Gasteiger partial charge in [0, 0.05) is 41.1 Å². The van der Waals surface area contributed by atoms with Gasteiger partial charge in [0.15, 0.2) is 18.4 Å². The van der Waals surface area contributed by atoms with Crippen LogP contribution in [0.3, 0.4) is 0 Å². The minimum atomic E-state index is -1.16. The van der Waals surface area contributed by atoms with Crippen molar-refractivity contribution in [2.24, 2.45) is 0 Å². The summed E-state index contributed by atoms with van der Waals surface area (Å²) in [5.74, 6) is -0.176. The lowest BCUT2D eigenvalue weighted by atomic mass is 10.0. The van der Waals surface area contributed by atoms with Crippen LogP contribution >= 0.6 is 0 Å². The summed E-state index contributed by atoms with van der Waals surface area (Å²) in [6.07, 6.45) is 2.45. The van der Waals surface area contributed by atoms with E-state index in [9.17, 15) is 0 Å². The molecule has 5 nitrogen and oxygen atoms in total. The second kappa shape index (κ2) is 11.4. The molecule has 0 fully saturated rings. The van der Waals surface area contributed by atoms with E-state index >= 15 is 4.39 Å². The molecular weight excluding hydrogens is 427 g/mol. The highest BCUT2D eigenvalue weighted by Gasteiger charge is 2.18. The van der Waals surface area contributed by atoms with E-state index in [0.29, 0.717) is 31.2 Å². The van der Waals surface area contributed by atoms with Gasteiger partial charge in [-0.15, -0.1) is 0 Å². The third-order valence-electron chi connectivity index (χ3n) is 5.00. The number of aromatic nitrogens is 2. The largest absolute Gasteiger partial charge is 0.464 e. The lowest BCUT2D eigenvalue weighted by Crippen LogP contribution is -2.22.